The summed E-state index contributed by atoms with van der Waals surface area (Å²) >= 11 is 0. The van der Waals surface area contributed by atoms with Crippen molar-refractivity contribution in [3.63, 3.8) is 0 Å². The van der Waals surface area contributed by atoms with Crippen molar-refractivity contribution in [2.24, 2.45) is 0 Å². The highest BCUT2D eigenvalue weighted by molar-refractivity contribution is 7.00. The van der Waals surface area contributed by atoms with Gasteiger partial charge in [-0.1, -0.05) is 174 Å². The highest BCUT2D eigenvalue weighted by Gasteiger charge is 2.44. The van der Waals surface area contributed by atoms with Crippen LogP contribution in [0.1, 0.15) is 122 Å². The van der Waals surface area contributed by atoms with Crippen LogP contribution in [-0.4, -0.2) is 11.3 Å². The van der Waals surface area contributed by atoms with E-state index in [9.17, 15) is 0 Å². The zero-order chi connectivity index (χ0) is 50.3. The van der Waals surface area contributed by atoms with Crippen molar-refractivity contribution in [2.45, 2.75) is 126 Å². The van der Waals surface area contributed by atoms with E-state index in [2.05, 4.69) is 270 Å². The summed E-state index contributed by atoms with van der Waals surface area (Å²) in [6.45, 7) is 35.0. The molecule has 71 heavy (non-hydrogen) atoms. The van der Waals surface area contributed by atoms with Crippen LogP contribution in [0.25, 0.3) is 38.6 Å². The molecule has 9 aromatic rings. The maximum atomic E-state index is 2.66. The number of hydrogen-bond acceptors (Lipinski definition) is 2. The standard InChI is InChI=1S/C67H70BN3/c1-41-30-42(2)62(43(3)31-41)44-32-60-63-61(33-44)71(51-38-47(66(10,11)12)35-48(39-51)67(13,14)15)59-40-49(69-56-25-19-16-22-52(56)53-23-17-20-26-57(53)69)28-29-55(59)68(63)54-24-18-21-27-58(54)70(60)50-36-45(64(4,5)6)34-46(37-50)65(7,8)9/h16-40H,1-15H3. The highest BCUT2D eigenvalue weighted by atomic mass is 15.2. The molecule has 0 N–H and O–H groups in total. The summed E-state index contributed by atoms with van der Waals surface area (Å²) in [4.78, 5) is 5.28. The van der Waals surface area contributed by atoms with E-state index in [0.717, 1.165) is 5.69 Å². The maximum Gasteiger partial charge on any atom is 0.252 e. The van der Waals surface area contributed by atoms with E-state index in [-0.39, 0.29) is 28.4 Å². The van der Waals surface area contributed by atoms with Crippen molar-refractivity contribution in [1.29, 1.82) is 0 Å². The van der Waals surface area contributed by atoms with Crippen LogP contribution in [-0.2, 0) is 21.7 Å². The van der Waals surface area contributed by atoms with Crippen molar-refractivity contribution >= 4 is 79.0 Å². The zero-order valence-electron chi connectivity index (χ0n) is 44.9. The third kappa shape index (κ3) is 7.72. The summed E-state index contributed by atoms with van der Waals surface area (Å²) in [6, 6.07) is 59.0. The van der Waals surface area contributed by atoms with Gasteiger partial charge in [0.1, 0.15) is 0 Å². The molecule has 0 amide bonds. The molecule has 4 heteroatoms. The Kier molecular flexibility index (Phi) is 10.6. The number of rotatable bonds is 4. The number of nitrogens with zero attached hydrogens (tertiary/aromatic N) is 3. The lowest BCUT2D eigenvalue weighted by Gasteiger charge is -2.45. The lowest BCUT2D eigenvalue weighted by Crippen LogP contribution is -2.61. The summed E-state index contributed by atoms with van der Waals surface area (Å²) in [5, 5.41) is 2.53. The Morgan fingerprint density at radius 1 is 0.366 bits per heavy atom. The van der Waals surface area contributed by atoms with Gasteiger partial charge < -0.3 is 14.4 Å². The van der Waals surface area contributed by atoms with E-state index in [1.807, 2.05) is 0 Å². The van der Waals surface area contributed by atoms with Crippen LogP contribution in [0.3, 0.4) is 0 Å². The molecule has 3 heterocycles. The van der Waals surface area contributed by atoms with Gasteiger partial charge in [0.05, 0.1) is 11.0 Å². The second-order valence-electron chi connectivity index (χ2n) is 25.0. The molecule has 0 spiro atoms. The first-order valence-corrected chi connectivity index (χ1v) is 25.9. The molecule has 0 aliphatic carbocycles. The SMILES string of the molecule is Cc1cc(C)c(-c2cc3c4c(c2)N(c2cc(C(C)(C)C)cc(C(C)(C)C)c2)c2cc(-n5c6ccccc6c6ccccc65)ccc2B4c2ccccc2N3c2cc(C(C)(C)C)cc(C(C)(C)C)c2)c(C)c1. The van der Waals surface area contributed by atoms with Crippen molar-refractivity contribution < 1.29 is 0 Å². The largest absolute Gasteiger partial charge is 0.311 e. The Bertz CT molecular complexity index is 3490. The van der Waals surface area contributed by atoms with E-state index >= 15 is 0 Å². The van der Waals surface area contributed by atoms with Crippen LogP contribution >= 0.6 is 0 Å². The molecular weight excluding hydrogens is 858 g/mol. The predicted molar refractivity (Wildman–Crippen MR) is 309 cm³/mol. The lowest BCUT2D eigenvalue weighted by molar-refractivity contribution is 0.568. The molecule has 0 atom stereocenters. The first-order valence-electron chi connectivity index (χ1n) is 25.9. The minimum Gasteiger partial charge on any atom is -0.311 e. The Balaban J connectivity index is 1.31. The molecule has 0 bridgehead atoms. The summed E-state index contributed by atoms with van der Waals surface area (Å²) < 4.78 is 2.48. The Labute approximate surface area is 424 Å². The second kappa shape index (κ2) is 16.1. The molecule has 0 saturated heterocycles. The quantitative estimate of drug-likeness (QED) is 0.163. The van der Waals surface area contributed by atoms with Gasteiger partial charge in [0.25, 0.3) is 6.71 Å². The summed E-state index contributed by atoms with van der Waals surface area (Å²) in [6.07, 6.45) is 0. The third-order valence-corrected chi connectivity index (χ3v) is 15.6. The fourth-order valence-electron chi connectivity index (χ4n) is 11.8. The minimum absolute atomic E-state index is 0.0269. The van der Waals surface area contributed by atoms with E-state index in [4.69, 9.17) is 0 Å². The van der Waals surface area contributed by atoms with Gasteiger partial charge in [0.15, 0.2) is 0 Å². The van der Waals surface area contributed by atoms with Gasteiger partial charge in [-0.3, -0.25) is 0 Å². The fraction of sp³-hybridized carbons (Fsp3) is 0.284. The smallest absolute Gasteiger partial charge is 0.252 e. The maximum absolute atomic E-state index is 2.66. The lowest BCUT2D eigenvalue weighted by atomic mass is 9.33. The van der Waals surface area contributed by atoms with Gasteiger partial charge in [-0.25, -0.2) is 0 Å². The molecule has 3 nitrogen and oxygen atoms in total. The van der Waals surface area contributed by atoms with Crippen molar-refractivity contribution in [3.8, 4) is 16.8 Å². The van der Waals surface area contributed by atoms with E-state index < -0.39 is 0 Å². The van der Waals surface area contributed by atoms with Gasteiger partial charge in [0, 0.05) is 50.6 Å². The van der Waals surface area contributed by atoms with Gasteiger partial charge in [-0.2, -0.15) is 0 Å². The van der Waals surface area contributed by atoms with Crippen molar-refractivity contribution in [2.75, 3.05) is 9.80 Å². The third-order valence-electron chi connectivity index (χ3n) is 15.6. The summed E-state index contributed by atoms with van der Waals surface area (Å²) in [7, 11) is 0. The van der Waals surface area contributed by atoms with Crippen molar-refractivity contribution in [1.82, 2.24) is 4.57 Å². The number of hydrogen-bond donors (Lipinski definition) is 0. The van der Waals surface area contributed by atoms with Gasteiger partial charge >= 0.3 is 0 Å². The number of aryl methyl sites for hydroxylation is 3. The molecule has 1 aromatic heterocycles. The van der Waals surface area contributed by atoms with Crippen molar-refractivity contribution in [3.05, 3.63) is 191 Å². The van der Waals surface area contributed by atoms with Crippen LogP contribution in [0.15, 0.2) is 152 Å². The molecule has 11 rings (SSSR count). The van der Waals surface area contributed by atoms with Gasteiger partial charge in [0.2, 0.25) is 0 Å². The summed E-state index contributed by atoms with van der Waals surface area (Å²) in [5.74, 6) is 0. The topological polar surface area (TPSA) is 11.4 Å². The van der Waals surface area contributed by atoms with Gasteiger partial charge in [-0.15, -0.1) is 0 Å². The molecule has 2 aliphatic heterocycles. The molecule has 0 saturated carbocycles. The first-order chi connectivity index (χ1) is 33.5. The van der Waals surface area contributed by atoms with E-state index in [0.29, 0.717) is 0 Å². The Morgan fingerprint density at radius 3 is 1.27 bits per heavy atom. The minimum atomic E-state index is -0.0854. The normalized spacial score (nSPS) is 13.8. The summed E-state index contributed by atoms with van der Waals surface area (Å²) in [5.41, 5.74) is 26.3. The number of anilines is 6. The van der Waals surface area contributed by atoms with E-state index in [1.54, 1.807) is 0 Å². The average molecular weight is 928 g/mol. The number of benzene rings is 8. The molecule has 0 fully saturated rings. The molecule has 8 aromatic carbocycles. The van der Waals surface area contributed by atoms with Crippen LogP contribution < -0.4 is 26.2 Å². The molecule has 356 valence electrons. The fourth-order valence-corrected chi connectivity index (χ4v) is 11.8. The van der Waals surface area contributed by atoms with E-state index in [1.165, 1.54) is 122 Å². The Morgan fingerprint density at radius 2 is 0.789 bits per heavy atom. The Hall–Kier alpha value is -6.78. The van der Waals surface area contributed by atoms with Crippen LogP contribution in [0.4, 0.5) is 34.1 Å². The molecule has 2 aliphatic rings. The van der Waals surface area contributed by atoms with Crippen LogP contribution in [0, 0.1) is 20.8 Å². The van der Waals surface area contributed by atoms with Crippen LogP contribution in [0.2, 0.25) is 0 Å². The second-order valence-corrected chi connectivity index (χ2v) is 25.0. The van der Waals surface area contributed by atoms with Gasteiger partial charge in [-0.05, 0) is 170 Å². The monoisotopic (exact) mass is 928 g/mol. The molecule has 0 radical (unpaired) electrons. The first kappa shape index (κ1) is 46.6. The molecular formula is C67H70BN3. The highest BCUT2D eigenvalue weighted by Crippen LogP contribution is 2.49. The number of aromatic nitrogens is 1. The number of para-hydroxylation sites is 3. The number of fused-ring (bicyclic) bond motifs is 7. The zero-order valence-corrected chi connectivity index (χ0v) is 44.9. The average Bonchev–Trinajstić information content (AvgIpc) is 3.64. The predicted octanol–water partition coefficient (Wildman–Crippen LogP) is 16.6. The van der Waals surface area contributed by atoms with Crippen LogP contribution in [0.5, 0.6) is 0 Å². The molecule has 0 unspecified atom stereocenters.